The van der Waals surface area contributed by atoms with Crippen LogP contribution in [-0.2, 0) is 26.2 Å². The highest BCUT2D eigenvalue weighted by Gasteiger charge is 2.50. The third-order valence-corrected chi connectivity index (χ3v) is 7.26. The number of nitrogens with one attached hydrogen (secondary N) is 1. The van der Waals surface area contributed by atoms with Gasteiger partial charge in [0.15, 0.2) is 0 Å². The van der Waals surface area contributed by atoms with E-state index in [4.69, 9.17) is 0 Å². The highest BCUT2D eigenvalue weighted by atomic mass is 32.2. The molecule has 0 radical (unpaired) electrons. The van der Waals surface area contributed by atoms with E-state index in [-0.39, 0.29) is 25.4 Å². The van der Waals surface area contributed by atoms with Crippen LogP contribution < -0.4 is 10.2 Å². The summed E-state index contributed by atoms with van der Waals surface area (Å²) in [6, 6.07) is 13.2. The van der Waals surface area contributed by atoms with Crippen molar-refractivity contribution in [2.24, 2.45) is 0 Å². The van der Waals surface area contributed by atoms with Crippen molar-refractivity contribution in [3.8, 4) is 0 Å². The van der Waals surface area contributed by atoms with Crippen molar-refractivity contribution in [2.45, 2.75) is 32.9 Å². The lowest BCUT2D eigenvalue weighted by Crippen LogP contribution is -2.70. The zero-order valence-corrected chi connectivity index (χ0v) is 18.6. The summed E-state index contributed by atoms with van der Waals surface area (Å²) in [6.45, 7) is 4.30. The van der Waals surface area contributed by atoms with Gasteiger partial charge in [-0.05, 0) is 50.1 Å². The van der Waals surface area contributed by atoms with Gasteiger partial charge in [-0.25, -0.2) is 12.8 Å². The Morgan fingerprint density at radius 3 is 2.48 bits per heavy atom. The molecule has 166 valence electrons. The number of nitrogens with zero attached hydrogens (tertiary/aromatic N) is 2. The lowest BCUT2D eigenvalue weighted by Gasteiger charge is -2.47. The summed E-state index contributed by atoms with van der Waals surface area (Å²) in [5.74, 6) is -1.69. The Kier molecular flexibility index (Phi) is 6.47. The van der Waals surface area contributed by atoms with Crippen molar-refractivity contribution in [1.29, 1.82) is 0 Å². The van der Waals surface area contributed by atoms with Gasteiger partial charge in [-0.3, -0.25) is 14.5 Å². The van der Waals surface area contributed by atoms with Gasteiger partial charge in [0.1, 0.15) is 11.4 Å². The van der Waals surface area contributed by atoms with Gasteiger partial charge in [0, 0.05) is 18.8 Å². The van der Waals surface area contributed by atoms with E-state index >= 15 is 0 Å². The van der Waals surface area contributed by atoms with Gasteiger partial charge in [0.2, 0.25) is 21.8 Å². The quantitative estimate of drug-likeness (QED) is 0.736. The molecule has 2 aromatic carbocycles. The number of hydrogen-bond acceptors (Lipinski definition) is 4. The normalized spacial score (nSPS) is 20.0. The molecule has 1 unspecified atom stereocenters. The van der Waals surface area contributed by atoms with Crippen molar-refractivity contribution in [2.75, 3.05) is 23.7 Å². The van der Waals surface area contributed by atoms with E-state index in [0.29, 0.717) is 11.3 Å². The first-order valence-electron chi connectivity index (χ1n) is 9.98. The van der Waals surface area contributed by atoms with Crippen LogP contribution in [0.3, 0.4) is 0 Å². The summed E-state index contributed by atoms with van der Waals surface area (Å²) in [4.78, 5) is 27.8. The summed E-state index contributed by atoms with van der Waals surface area (Å²) in [5.41, 5.74) is 0.193. The summed E-state index contributed by atoms with van der Waals surface area (Å²) < 4.78 is 39.8. The number of sulfonamides is 1. The van der Waals surface area contributed by atoms with Crippen LogP contribution in [0.15, 0.2) is 48.5 Å². The molecule has 1 heterocycles. The minimum Gasteiger partial charge on any atom is -0.350 e. The highest BCUT2D eigenvalue weighted by molar-refractivity contribution is 7.89. The van der Waals surface area contributed by atoms with Crippen LogP contribution in [0.4, 0.5) is 10.1 Å². The van der Waals surface area contributed by atoms with E-state index < -0.39 is 33.2 Å². The van der Waals surface area contributed by atoms with Crippen LogP contribution in [0, 0.1) is 12.7 Å². The molecule has 0 spiro atoms. The topological polar surface area (TPSA) is 86.8 Å². The number of rotatable bonds is 6. The summed E-state index contributed by atoms with van der Waals surface area (Å²) in [6.07, 6.45) is 0. The predicted octanol–water partition coefficient (Wildman–Crippen LogP) is 2.21. The Balaban J connectivity index is 2.01. The molecule has 0 aliphatic carbocycles. The molecule has 0 aromatic heterocycles. The maximum Gasteiger partial charge on any atom is 0.247 e. The SMILES string of the molecule is CCS(=O)(=O)N1CC(=O)N(c2ccc(F)cc2C)C(C)(C(=O)NCc2ccccc2)C1. The first kappa shape index (κ1) is 22.9. The Hall–Kier alpha value is -2.78. The molecule has 7 nitrogen and oxygen atoms in total. The second-order valence-electron chi connectivity index (χ2n) is 7.77. The number of benzene rings is 2. The summed E-state index contributed by atoms with van der Waals surface area (Å²) in [7, 11) is -3.70. The van der Waals surface area contributed by atoms with Gasteiger partial charge in [0.25, 0.3) is 0 Å². The van der Waals surface area contributed by atoms with E-state index in [1.165, 1.54) is 36.9 Å². The van der Waals surface area contributed by atoms with Crippen LogP contribution >= 0.6 is 0 Å². The van der Waals surface area contributed by atoms with Gasteiger partial charge in [-0.15, -0.1) is 0 Å². The molecule has 0 bridgehead atoms. The fraction of sp³-hybridized carbons (Fsp3) is 0.364. The molecule has 1 aliphatic rings. The van der Waals surface area contributed by atoms with E-state index in [1.807, 2.05) is 30.3 Å². The minimum atomic E-state index is -3.70. The number of hydrogen-bond donors (Lipinski definition) is 1. The lowest BCUT2D eigenvalue weighted by atomic mass is 9.93. The van der Waals surface area contributed by atoms with Crippen molar-refractivity contribution in [3.05, 3.63) is 65.5 Å². The predicted molar refractivity (Wildman–Crippen MR) is 116 cm³/mol. The van der Waals surface area contributed by atoms with Gasteiger partial charge < -0.3 is 5.32 Å². The summed E-state index contributed by atoms with van der Waals surface area (Å²) >= 11 is 0. The fourth-order valence-electron chi connectivity index (χ4n) is 3.76. The molecule has 31 heavy (non-hydrogen) atoms. The van der Waals surface area contributed by atoms with Crippen LogP contribution in [0.5, 0.6) is 0 Å². The molecule has 1 saturated heterocycles. The monoisotopic (exact) mass is 447 g/mol. The number of halogens is 1. The van der Waals surface area contributed by atoms with Crippen molar-refractivity contribution in [1.82, 2.24) is 9.62 Å². The van der Waals surface area contributed by atoms with Gasteiger partial charge in [0.05, 0.1) is 12.3 Å². The first-order valence-corrected chi connectivity index (χ1v) is 11.6. The number of anilines is 1. The Labute approximate surface area is 181 Å². The molecule has 2 amide bonds. The molecule has 1 atom stereocenters. The van der Waals surface area contributed by atoms with Gasteiger partial charge in [-0.2, -0.15) is 4.31 Å². The highest BCUT2D eigenvalue weighted by Crippen LogP contribution is 2.33. The molecule has 3 rings (SSSR count). The van der Waals surface area contributed by atoms with Gasteiger partial charge in [-0.1, -0.05) is 30.3 Å². The first-order chi connectivity index (χ1) is 14.6. The average Bonchev–Trinajstić information content (AvgIpc) is 2.73. The minimum absolute atomic E-state index is 0.183. The molecule has 0 saturated carbocycles. The number of carbonyl (C=O) groups excluding carboxylic acids is 2. The average molecular weight is 448 g/mol. The Morgan fingerprint density at radius 2 is 1.87 bits per heavy atom. The van der Waals surface area contributed by atoms with Crippen LogP contribution in [-0.4, -0.2) is 48.9 Å². The number of amides is 2. The van der Waals surface area contributed by atoms with Crippen LogP contribution in [0.2, 0.25) is 0 Å². The zero-order valence-electron chi connectivity index (χ0n) is 17.8. The number of aryl methyl sites for hydroxylation is 1. The van der Waals surface area contributed by atoms with Crippen molar-refractivity contribution < 1.29 is 22.4 Å². The second-order valence-corrected chi connectivity index (χ2v) is 10.0. The maximum absolute atomic E-state index is 13.7. The van der Waals surface area contributed by atoms with Crippen molar-refractivity contribution >= 4 is 27.5 Å². The Bertz CT molecular complexity index is 1090. The molecule has 9 heteroatoms. The number of piperazine rings is 1. The standard InChI is InChI=1S/C22H26FN3O4S/c1-4-31(29,30)25-14-20(27)26(19-11-10-18(23)12-16(19)2)22(3,15-25)21(28)24-13-17-8-6-5-7-9-17/h5-12H,4,13-15H2,1-3H3,(H,24,28). The fourth-order valence-corrected chi connectivity index (χ4v) is 4.88. The van der Waals surface area contributed by atoms with E-state index in [2.05, 4.69) is 5.32 Å². The Morgan fingerprint density at radius 1 is 1.19 bits per heavy atom. The molecular weight excluding hydrogens is 421 g/mol. The van der Waals surface area contributed by atoms with Gasteiger partial charge >= 0.3 is 0 Å². The maximum atomic E-state index is 13.7. The molecule has 1 aliphatic heterocycles. The molecular formula is C22H26FN3O4S. The third-order valence-electron chi connectivity index (χ3n) is 5.48. The van der Waals surface area contributed by atoms with E-state index in [0.717, 1.165) is 9.87 Å². The van der Waals surface area contributed by atoms with Crippen molar-refractivity contribution in [3.63, 3.8) is 0 Å². The largest absolute Gasteiger partial charge is 0.350 e. The smallest absolute Gasteiger partial charge is 0.247 e. The third kappa shape index (κ3) is 4.62. The molecule has 2 aromatic rings. The van der Waals surface area contributed by atoms with Crippen LogP contribution in [0.25, 0.3) is 0 Å². The number of carbonyl (C=O) groups is 2. The lowest BCUT2D eigenvalue weighted by molar-refractivity contribution is -0.133. The van der Waals surface area contributed by atoms with Crippen LogP contribution in [0.1, 0.15) is 25.0 Å². The van der Waals surface area contributed by atoms with E-state index in [9.17, 15) is 22.4 Å². The summed E-state index contributed by atoms with van der Waals surface area (Å²) in [5, 5.41) is 2.82. The molecule has 1 N–H and O–H groups in total. The second kappa shape index (κ2) is 8.76. The zero-order chi connectivity index (χ0) is 22.8. The molecule has 1 fully saturated rings. The van der Waals surface area contributed by atoms with E-state index in [1.54, 1.807) is 6.92 Å².